The zero-order chi connectivity index (χ0) is 22.6. The van der Waals surface area contributed by atoms with E-state index in [2.05, 4.69) is 15.8 Å². The highest BCUT2D eigenvalue weighted by Gasteiger charge is 2.31. The first-order valence-electron chi connectivity index (χ1n) is 10.4. The third-order valence-electron chi connectivity index (χ3n) is 5.63. The number of aromatic nitrogens is 1. The van der Waals surface area contributed by atoms with Crippen LogP contribution in [0, 0.1) is 5.92 Å². The van der Waals surface area contributed by atoms with Crippen LogP contribution in [0.25, 0.3) is 11.3 Å². The number of ether oxygens (including phenoxy) is 1. The van der Waals surface area contributed by atoms with Gasteiger partial charge in [-0.25, -0.2) is 0 Å². The number of carbonyl (C=O) groups excluding carboxylic acids is 1. The lowest BCUT2D eigenvalue weighted by molar-refractivity contribution is -0.137. The first-order chi connectivity index (χ1) is 14.7. The Morgan fingerprint density at radius 3 is 2.39 bits per heavy atom. The molecule has 6 nitrogen and oxygen atoms in total. The van der Waals surface area contributed by atoms with E-state index in [1.54, 1.807) is 0 Å². The molecule has 0 spiro atoms. The van der Waals surface area contributed by atoms with E-state index >= 15 is 0 Å². The SMILES string of the molecule is CC(C)[C@H](C)NC(=O)c1noc(-c2ccc(C(F)(F)F)cc2)c1CNC1CCOCC1. The average Bonchev–Trinajstić information content (AvgIpc) is 3.16. The maximum Gasteiger partial charge on any atom is 0.416 e. The van der Waals surface area contributed by atoms with E-state index in [0.717, 1.165) is 25.0 Å². The van der Waals surface area contributed by atoms with Gasteiger partial charge in [-0.05, 0) is 37.8 Å². The van der Waals surface area contributed by atoms with Crippen molar-refractivity contribution in [3.63, 3.8) is 0 Å². The Morgan fingerprint density at radius 1 is 1.16 bits per heavy atom. The predicted molar refractivity (Wildman–Crippen MR) is 109 cm³/mol. The number of amides is 1. The van der Waals surface area contributed by atoms with Crippen molar-refractivity contribution in [2.45, 2.75) is 58.4 Å². The van der Waals surface area contributed by atoms with Crippen LogP contribution in [0.5, 0.6) is 0 Å². The molecule has 0 bridgehead atoms. The number of rotatable bonds is 7. The minimum absolute atomic E-state index is 0.0741. The van der Waals surface area contributed by atoms with Crippen molar-refractivity contribution in [1.29, 1.82) is 0 Å². The third kappa shape index (κ3) is 5.86. The highest BCUT2D eigenvalue weighted by molar-refractivity contribution is 5.95. The highest BCUT2D eigenvalue weighted by Crippen LogP contribution is 2.32. The van der Waals surface area contributed by atoms with Gasteiger partial charge in [-0.15, -0.1) is 0 Å². The summed E-state index contributed by atoms with van der Waals surface area (Å²) in [5.41, 5.74) is 0.350. The summed E-state index contributed by atoms with van der Waals surface area (Å²) in [6, 6.07) is 4.80. The van der Waals surface area contributed by atoms with Crippen LogP contribution in [0.3, 0.4) is 0 Å². The van der Waals surface area contributed by atoms with Gasteiger partial charge < -0.3 is 19.9 Å². The summed E-state index contributed by atoms with van der Waals surface area (Å²) in [6.45, 7) is 7.52. The number of nitrogens with one attached hydrogen (secondary N) is 2. The fourth-order valence-electron chi connectivity index (χ4n) is 3.28. The van der Waals surface area contributed by atoms with Gasteiger partial charge >= 0.3 is 6.18 Å². The summed E-state index contributed by atoms with van der Waals surface area (Å²) in [7, 11) is 0. The van der Waals surface area contributed by atoms with E-state index < -0.39 is 11.7 Å². The molecule has 1 atom stereocenters. The van der Waals surface area contributed by atoms with E-state index in [0.29, 0.717) is 30.9 Å². The molecule has 0 saturated carbocycles. The molecular formula is C22H28F3N3O3. The summed E-state index contributed by atoms with van der Waals surface area (Å²) in [5.74, 6) is 0.150. The quantitative estimate of drug-likeness (QED) is 0.669. The Kier molecular flexibility index (Phi) is 7.38. The lowest BCUT2D eigenvalue weighted by Gasteiger charge is -2.23. The molecule has 1 aliphatic heterocycles. The number of alkyl halides is 3. The average molecular weight is 439 g/mol. The van der Waals surface area contributed by atoms with Crippen molar-refractivity contribution in [1.82, 2.24) is 15.8 Å². The molecule has 2 heterocycles. The predicted octanol–water partition coefficient (Wildman–Crippen LogP) is 4.40. The van der Waals surface area contributed by atoms with Crippen LogP contribution in [0.15, 0.2) is 28.8 Å². The van der Waals surface area contributed by atoms with Crippen molar-refractivity contribution in [3.05, 3.63) is 41.1 Å². The van der Waals surface area contributed by atoms with Crippen molar-refractivity contribution >= 4 is 5.91 Å². The second-order valence-electron chi connectivity index (χ2n) is 8.19. The van der Waals surface area contributed by atoms with Gasteiger partial charge in [0.1, 0.15) is 0 Å². The zero-order valence-electron chi connectivity index (χ0n) is 17.9. The molecule has 1 aromatic heterocycles. The minimum atomic E-state index is -4.43. The van der Waals surface area contributed by atoms with Crippen molar-refractivity contribution in [3.8, 4) is 11.3 Å². The molecule has 170 valence electrons. The number of benzene rings is 1. The minimum Gasteiger partial charge on any atom is -0.381 e. The van der Waals surface area contributed by atoms with Crippen LogP contribution >= 0.6 is 0 Å². The molecule has 2 aromatic rings. The summed E-state index contributed by atoms with van der Waals surface area (Å²) < 4.78 is 49.6. The number of hydrogen-bond acceptors (Lipinski definition) is 5. The molecule has 2 N–H and O–H groups in total. The van der Waals surface area contributed by atoms with Crippen LogP contribution in [-0.2, 0) is 17.5 Å². The van der Waals surface area contributed by atoms with E-state index in [9.17, 15) is 18.0 Å². The molecule has 9 heteroatoms. The number of hydrogen-bond donors (Lipinski definition) is 2. The highest BCUT2D eigenvalue weighted by atomic mass is 19.4. The van der Waals surface area contributed by atoms with E-state index in [1.165, 1.54) is 12.1 Å². The van der Waals surface area contributed by atoms with Crippen LogP contribution in [-0.4, -0.2) is 36.4 Å². The lowest BCUT2D eigenvalue weighted by Crippen LogP contribution is -2.38. The van der Waals surface area contributed by atoms with Gasteiger partial charge in [-0.1, -0.05) is 31.1 Å². The van der Waals surface area contributed by atoms with Crippen LogP contribution < -0.4 is 10.6 Å². The first kappa shape index (κ1) is 23.3. The largest absolute Gasteiger partial charge is 0.416 e. The molecule has 1 amide bonds. The van der Waals surface area contributed by atoms with Gasteiger partial charge in [0.25, 0.3) is 5.91 Å². The summed E-state index contributed by atoms with van der Waals surface area (Å²) in [6.07, 6.45) is -2.75. The maximum atomic E-state index is 12.9. The Morgan fingerprint density at radius 2 is 1.81 bits per heavy atom. The van der Waals surface area contributed by atoms with E-state index in [1.807, 2.05) is 20.8 Å². The Hall–Kier alpha value is -2.39. The van der Waals surface area contributed by atoms with Crippen LogP contribution in [0.2, 0.25) is 0 Å². The smallest absolute Gasteiger partial charge is 0.381 e. The van der Waals surface area contributed by atoms with Gasteiger partial charge in [0.15, 0.2) is 11.5 Å². The fraction of sp³-hybridized carbons (Fsp3) is 0.545. The van der Waals surface area contributed by atoms with Gasteiger partial charge in [-0.2, -0.15) is 13.2 Å². The normalized spacial score (nSPS) is 16.5. The van der Waals surface area contributed by atoms with Crippen molar-refractivity contribution in [2.24, 2.45) is 5.92 Å². The molecule has 31 heavy (non-hydrogen) atoms. The molecule has 3 rings (SSSR count). The van der Waals surface area contributed by atoms with Crippen molar-refractivity contribution in [2.75, 3.05) is 13.2 Å². The summed E-state index contributed by atoms with van der Waals surface area (Å²) in [4.78, 5) is 12.8. The Balaban J connectivity index is 1.88. The van der Waals surface area contributed by atoms with Gasteiger partial charge in [0, 0.05) is 43.0 Å². The lowest BCUT2D eigenvalue weighted by atomic mass is 10.0. The molecule has 1 saturated heterocycles. The van der Waals surface area contributed by atoms with E-state index in [-0.39, 0.29) is 35.4 Å². The molecule has 1 aliphatic rings. The van der Waals surface area contributed by atoms with Crippen LogP contribution in [0.1, 0.15) is 55.2 Å². The third-order valence-corrected chi connectivity index (χ3v) is 5.63. The molecule has 0 unspecified atom stereocenters. The summed E-state index contributed by atoms with van der Waals surface area (Å²) >= 11 is 0. The van der Waals surface area contributed by atoms with Gasteiger partial charge in [-0.3, -0.25) is 4.79 Å². The Labute approximate surface area is 179 Å². The standard InChI is InChI=1S/C22H28F3N3O3/c1-13(2)14(3)27-21(29)19-18(12-26-17-8-10-30-11-9-17)20(31-28-19)15-4-6-16(7-5-15)22(23,24)25/h4-7,13-14,17,26H,8-12H2,1-3H3,(H,27,29)/t14-/m0/s1. The number of halogens is 3. The monoisotopic (exact) mass is 439 g/mol. The molecule has 1 fully saturated rings. The fourth-order valence-corrected chi connectivity index (χ4v) is 3.28. The van der Waals surface area contributed by atoms with Crippen LogP contribution in [0.4, 0.5) is 13.2 Å². The summed E-state index contributed by atoms with van der Waals surface area (Å²) in [5, 5.41) is 10.3. The zero-order valence-corrected chi connectivity index (χ0v) is 17.9. The van der Waals surface area contributed by atoms with Gasteiger partial charge in [0.2, 0.25) is 0 Å². The second-order valence-corrected chi connectivity index (χ2v) is 8.19. The van der Waals surface area contributed by atoms with E-state index in [4.69, 9.17) is 9.26 Å². The topological polar surface area (TPSA) is 76.4 Å². The second kappa shape index (κ2) is 9.82. The maximum absolute atomic E-state index is 12.9. The Bertz CT molecular complexity index is 872. The van der Waals surface area contributed by atoms with Crippen molar-refractivity contribution < 1.29 is 27.2 Å². The molecule has 0 aliphatic carbocycles. The molecule has 0 radical (unpaired) electrons. The molecule has 1 aromatic carbocycles. The molecular weight excluding hydrogens is 411 g/mol. The van der Waals surface area contributed by atoms with Gasteiger partial charge in [0.05, 0.1) is 5.56 Å². The number of carbonyl (C=O) groups is 1. The first-order valence-corrected chi connectivity index (χ1v) is 10.4. The number of nitrogens with zero attached hydrogens (tertiary/aromatic N) is 1.